The third-order valence-corrected chi connectivity index (χ3v) is 1.87. The zero-order chi connectivity index (χ0) is 11.5. The summed E-state index contributed by atoms with van der Waals surface area (Å²) in [5, 5.41) is 8.67. The van der Waals surface area contributed by atoms with Gasteiger partial charge in [0.2, 0.25) is 5.78 Å². The van der Waals surface area contributed by atoms with Crippen molar-refractivity contribution in [3.8, 4) is 0 Å². The molecule has 80 valence electrons. The molecule has 0 amide bonds. The van der Waals surface area contributed by atoms with Gasteiger partial charge in [-0.3, -0.25) is 4.79 Å². The predicted octanol–water partition coefficient (Wildman–Crippen LogP) is 1.93. The molecule has 0 aliphatic carbocycles. The lowest BCUT2D eigenvalue weighted by atomic mass is 10.1. The summed E-state index contributed by atoms with van der Waals surface area (Å²) in [6.07, 6.45) is 0. The van der Waals surface area contributed by atoms with Crippen LogP contribution in [0, 0.1) is 0 Å². The van der Waals surface area contributed by atoms with Crippen molar-refractivity contribution in [3.05, 3.63) is 11.3 Å². The number of ether oxygens (including phenoxy) is 1. The number of allylic oxidation sites excluding steroid dienone is 1. The minimum atomic E-state index is -2.30. The maximum Gasteiger partial charge on any atom is 0.342 e. The first-order chi connectivity index (χ1) is 6.21. The second-order valence-corrected chi connectivity index (χ2v) is 4.55. The van der Waals surface area contributed by atoms with E-state index in [0.717, 1.165) is 0 Å². The predicted molar refractivity (Wildman–Crippen MR) is 52.6 cm³/mol. The van der Waals surface area contributed by atoms with Crippen LogP contribution in [0.2, 0.25) is 0 Å². The van der Waals surface area contributed by atoms with Gasteiger partial charge in [0.1, 0.15) is 11.3 Å². The van der Waals surface area contributed by atoms with Crippen LogP contribution >= 0.6 is 34.8 Å². The molecule has 0 spiro atoms. The number of hydrogen-bond donors (Lipinski definition) is 1. The summed E-state index contributed by atoms with van der Waals surface area (Å²) in [7, 11) is 1.21. The Hall–Kier alpha value is -0.450. The zero-order valence-corrected chi connectivity index (χ0v) is 9.57. The number of carboxylic acid groups (broad SMARTS) is 1. The number of carbonyl (C=O) groups excluding carboxylic acids is 1. The van der Waals surface area contributed by atoms with E-state index in [2.05, 4.69) is 4.74 Å². The van der Waals surface area contributed by atoms with Crippen molar-refractivity contribution in [2.24, 2.45) is 0 Å². The number of aliphatic carboxylic acids is 1. The van der Waals surface area contributed by atoms with Gasteiger partial charge in [-0.25, -0.2) is 4.79 Å². The number of carboxylic acids is 1. The van der Waals surface area contributed by atoms with Gasteiger partial charge in [-0.05, 0) is 6.92 Å². The fraction of sp³-hybridized carbons (Fsp3) is 0.429. The van der Waals surface area contributed by atoms with Gasteiger partial charge in [0.05, 0.1) is 7.11 Å². The fourth-order valence-electron chi connectivity index (χ4n) is 0.651. The number of halogens is 3. The van der Waals surface area contributed by atoms with Crippen molar-refractivity contribution in [2.45, 2.75) is 10.7 Å². The normalized spacial score (nSPS) is 13.2. The molecule has 0 aromatic heterocycles. The maximum atomic E-state index is 11.3. The molecule has 0 bridgehead atoms. The minimum absolute atomic E-state index is 0.117. The van der Waals surface area contributed by atoms with E-state index < -0.39 is 21.1 Å². The van der Waals surface area contributed by atoms with Crippen LogP contribution in [0.1, 0.15) is 6.92 Å². The molecule has 0 atom stereocenters. The van der Waals surface area contributed by atoms with Gasteiger partial charge in [0.25, 0.3) is 3.79 Å². The molecule has 0 aromatic carbocycles. The molecule has 14 heavy (non-hydrogen) atoms. The molecule has 4 nitrogen and oxygen atoms in total. The molecule has 0 saturated heterocycles. The van der Waals surface area contributed by atoms with Crippen molar-refractivity contribution in [1.29, 1.82) is 0 Å². The number of Topliss-reactive ketones (excluding diaryl/α,β-unsaturated/α-hetero) is 1. The molecular formula is C7H7Cl3O4. The maximum absolute atomic E-state index is 11.3. The summed E-state index contributed by atoms with van der Waals surface area (Å²) in [6.45, 7) is 1.29. The summed E-state index contributed by atoms with van der Waals surface area (Å²) in [6, 6.07) is 0. The van der Waals surface area contributed by atoms with E-state index >= 15 is 0 Å². The summed E-state index contributed by atoms with van der Waals surface area (Å²) in [5.41, 5.74) is -0.674. The van der Waals surface area contributed by atoms with Gasteiger partial charge in [-0.2, -0.15) is 0 Å². The van der Waals surface area contributed by atoms with Crippen molar-refractivity contribution in [1.82, 2.24) is 0 Å². The van der Waals surface area contributed by atoms with Crippen LogP contribution in [0.4, 0.5) is 0 Å². The number of rotatable bonds is 3. The van der Waals surface area contributed by atoms with E-state index in [0.29, 0.717) is 0 Å². The van der Waals surface area contributed by atoms with Crippen LogP contribution in [0.15, 0.2) is 11.3 Å². The highest BCUT2D eigenvalue weighted by atomic mass is 35.6. The van der Waals surface area contributed by atoms with Gasteiger partial charge in [-0.15, -0.1) is 0 Å². The highest BCUT2D eigenvalue weighted by Crippen LogP contribution is 2.31. The van der Waals surface area contributed by atoms with Gasteiger partial charge < -0.3 is 9.84 Å². The first-order valence-corrected chi connectivity index (χ1v) is 4.45. The Balaban J connectivity index is 5.28. The summed E-state index contributed by atoms with van der Waals surface area (Å²) < 4.78 is 2.29. The average Bonchev–Trinajstić information content (AvgIpc) is 2.01. The second-order valence-electron chi connectivity index (χ2n) is 2.27. The third-order valence-electron chi connectivity index (χ3n) is 1.36. The van der Waals surface area contributed by atoms with E-state index in [1.807, 2.05) is 0 Å². The summed E-state index contributed by atoms with van der Waals surface area (Å²) in [5.74, 6) is -2.75. The Kier molecular flexibility index (Phi) is 4.71. The fourth-order valence-corrected chi connectivity index (χ4v) is 0.935. The number of ketones is 1. The van der Waals surface area contributed by atoms with Crippen LogP contribution in [0.25, 0.3) is 0 Å². The molecule has 0 radical (unpaired) electrons. The molecule has 0 unspecified atom stereocenters. The Morgan fingerprint density at radius 1 is 1.29 bits per heavy atom. The topological polar surface area (TPSA) is 63.6 Å². The second kappa shape index (κ2) is 4.87. The van der Waals surface area contributed by atoms with Crippen LogP contribution < -0.4 is 0 Å². The van der Waals surface area contributed by atoms with Gasteiger partial charge >= 0.3 is 5.97 Å². The molecule has 0 aromatic rings. The molecule has 1 N–H and O–H groups in total. The number of hydrogen-bond acceptors (Lipinski definition) is 3. The van der Waals surface area contributed by atoms with Crippen molar-refractivity contribution < 1.29 is 19.4 Å². The first kappa shape index (κ1) is 13.5. The minimum Gasteiger partial charge on any atom is -0.500 e. The van der Waals surface area contributed by atoms with Crippen LogP contribution in [-0.2, 0) is 14.3 Å². The molecule has 0 aliphatic heterocycles. The Morgan fingerprint density at radius 3 is 1.93 bits per heavy atom. The zero-order valence-electron chi connectivity index (χ0n) is 7.31. The Morgan fingerprint density at radius 2 is 1.71 bits per heavy atom. The standard InChI is InChI=1S/C7H7Cl3O4/c1-3(14-2)4(6(12)13)5(11)7(8,9)10/h1-2H3,(H,12,13)/b4-3-. The van der Waals surface area contributed by atoms with Gasteiger partial charge in [-0.1, -0.05) is 34.8 Å². The smallest absolute Gasteiger partial charge is 0.342 e. The quantitative estimate of drug-likeness (QED) is 0.277. The lowest BCUT2D eigenvalue weighted by molar-refractivity contribution is -0.134. The van der Waals surface area contributed by atoms with E-state index in [1.165, 1.54) is 14.0 Å². The van der Waals surface area contributed by atoms with E-state index in [9.17, 15) is 9.59 Å². The molecular weight excluding hydrogens is 254 g/mol. The number of methoxy groups -OCH3 is 1. The summed E-state index contributed by atoms with van der Waals surface area (Å²) >= 11 is 15.8. The highest BCUT2D eigenvalue weighted by molar-refractivity contribution is 6.78. The first-order valence-electron chi connectivity index (χ1n) is 3.31. The van der Waals surface area contributed by atoms with Crippen molar-refractivity contribution >= 4 is 46.6 Å². The molecule has 7 heteroatoms. The third kappa shape index (κ3) is 3.36. The molecule has 0 heterocycles. The van der Waals surface area contributed by atoms with E-state index in [1.54, 1.807) is 0 Å². The van der Waals surface area contributed by atoms with E-state index in [4.69, 9.17) is 39.9 Å². The average molecular weight is 261 g/mol. The molecule has 0 fully saturated rings. The van der Waals surface area contributed by atoms with E-state index in [-0.39, 0.29) is 5.76 Å². The molecule has 0 saturated carbocycles. The Labute approximate surface area is 95.4 Å². The molecule has 0 aliphatic rings. The lowest BCUT2D eigenvalue weighted by Crippen LogP contribution is -2.26. The van der Waals surface area contributed by atoms with Gasteiger partial charge in [0.15, 0.2) is 0 Å². The number of alkyl halides is 3. The lowest BCUT2D eigenvalue weighted by Gasteiger charge is -2.11. The van der Waals surface area contributed by atoms with Crippen LogP contribution in [0.5, 0.6) is 0 Å². The highest BCUT2D eigenvalue weighted by Gasteiger charge is 2.38. The summed E-state index contributed by atoms with van der Waals surface area (Å²) in [4.78, 5) is 21.9. The van der Waals surface area contributed by atoms with Crippen molar-refractivity contribution in [2.75, 3.05) is 7.11 Å². The van der Waals surface area contributed by atoms with Crippen LogP contribution in [-0.4, -0.2) is 27.8 Å². The Bertz CT molecular complexity index is 290. The van der Waals surface area contributed by atoms with Crippen LogP contribution in [0.3, 0.4) is 0 Å². The molecule has 0 rings (SSSR count). The largest absolute Gasteiger partial charge is 0.500 e. The van der Waals surface area contributed by atoms with Crippen molar-refractivity contribution in [3.63, 3.8) is 0 Å². The van der Waals surface area contributed by atoms with Gasteiger partial charge in [0, 0.05) is 0 Å². The monoisotopic (exact) mass is 260 g/mol. The SMILES string of the molecule is CO/C(C)=C(\C(=O)O)C(=O)C(Cl)(Cl)Cl. The number of carbonyl (C=O) groups is 2.